The van der Waals surface area contributed by atoms with Crippen LogP contribution in [0, 0.1) is 11.3 Å². The molecule has 2 aromatic rings. The van der Waals surface area contributed by atoms with Crippen molar-refractivity contribution in [1.82, 2.24) is 10.2 Å². The van der Waals surface area contributed by atoms with Gasteiger partial charge in [0, 0.05) is 17.9 Å². The number of aromatic nitrogens is 2. The van der Waals surface area contributed by atoms with E-state index in [0.717, 1.165) is 4.34 Å². The highest BCUT2D eigenvalue weighted by Crippen LogP contribution is 2.29. The summed E-state index contributed by atoms with van der Waals surface area (Å²) in [5.74, 6) is 0.345. The maximum atomic E-state index is 12.0. The van der Waals surface area contributed by atoms with Crippen LogP contribution >= 0.6 is 23.1 Å². The van der Waals surface area contributed by atoms with Crippen molar-refractivity contribution in [2.75, 3.05) is 11.1 Å². The summed E-state index contributed by atoms with van der Waals surface area (Å²) >= 11 is 2.72. The van der Waals surface area contributed by atoms with Gasteiger partial charge in [-0.05, 0) is 24.3 Å². The number of benzene rings is 1. The van der Waals surface area contributed by atoms with E-state index in [0.29, 0.717) is 23.0 Å². The predicted molar refractivity (Wildman–Crippen MR) is 77.3 cm³/mol. The maximum Gasteiger partial charge on any atom is 0.573 e. The minimum Gasteiger partial charge on any atom is -0.406 e. The van der Waals surface area contributed by atoms with Gasteiger partial charge in [0.05, 0.1) is 6.07 Å². The Morgan fingerprint density at radius 1 is 1.27 bits per heavy atom. The third kappa shape index (κ3) is 5.42. The van der Waals surface area contributed by atoms with Crippen LogP contribution in [0.2, 0.25) is 0 Å². The van der Waals surface area contributed by atoms with Gasteiger partial charge >= 0.3 is 6.36 Å². The number of nitriles is 1. The lowest BCUT2D eigenvalue weighted by atomic mass is 10.3. The number of thioether (sulfide) groups is 1. The SMILES string of the molecule is N#CCCSc1nnc(Nc2ccc(OC(F)(F)F)cc2)s1. The molecule has 116 valence electrons. The molecule has 0 spiro atoms. The summed E-state index contributed by atoms with van der Waals surface area (Å²) < 4.78 is 40.6. The molecule has 0 amide bonds. The molecule has 1 heterocycles. The van der Waals surface area contributed by atoms with Gasteiger partial charge in [0.2, 0.25) is 5.13 Å². The zero-order chi connectivity index (χ0) is 16.0. The van der Waals surface area contributed by atoms with Crippen LogP contribution < -0.4 is 10.1 Å². The van der Waals surface area contributed by atoms with Gasteiger partial charge in [-0.2, -0.15) is 5.26 Å². The standard InChI is InChI=1S/C12H9F3N4OS2/c13-12(14,15)20-9-4-2-8(3-5-9)17-10-18-19-11(22-10)21-7-1-6-16/h2-5H,1,7H2,(H,17,18). The molecule has 2 rings (SSSR count). The zero-order valence-electron chi connectivity index (χ0n) is 10.9. The van der Waals surface area contributed by atoms with E-state index in [-0.39, 0.29) is 5.75 Å². The third-order valence-electron chi connectivity index (χ3n) is 2.19. The molecule has 0 atom stereocenters. The average molecular weight is 346 g/mol. The van der Waals surface area contributed by atoms with Gasteiger partial charge in [0.1, 0.15) is 5.75 Å². The second kappa shape index (κ2) is 7.33. The van der Waals surface area contributed by atoms with Crippen molar-refractivity contribution < 1.29 is 17.9 Å². The first-order valence-electron chi connectivity index (χ1n) is 5.92. The summed E-state index contributed by atoms with van der Waals surface area (Å²) in [6.45, 7) is 0. The Balaban J connectivity index is 1.92. The summed E-state index contributed by atoms with van der Waals surface area (Å²) in [5, 5.41) is 19.8. The first kappa shape index (κ1) is 16.4. The number of anilines is 2. The number of halogens is 3. The van der Waals surface area contributed by atoms with E-state index in [9.17, 15) is 13.2 Å². The third-order valence-corrected chi connectivity index (χ3v) is 4.16. The monoisotopic (exact) mass is 346 g/mol. The van der Waals surface area contributed by atoms with Gasteiger partial charge in [0.15, 0.2) is 4.34 Å². The summed E-state index contributed by atoms with van der Waals surface area (Å²) in [4.78, 5) is 0. The highest BCUT2D eigenvalue weighted by atomic mass is 32.2. The Labute approximate surface area is 132 Å². The lowest BCUT2D eigenvalue weighted by Gasteiger charge is -2.09. The fourth-order valence-electron chi connectivity index (χ4n) is 1.37. The molecule has 10 heteroatoms. The van der Waals surface area contributed by atoms with Crippen molar-refractivity contribution in [2.45, 2.75) is 17.1 Å². The molecule has 0 fully saturated rings. The van der Waals surface area contributed by atoms with E-state index >= 15 is 0 Å². The lowest BCUT2D eigenvalue weighted by Crippen LogP contribution is -2.16. The molecule has 0 aliphatic heterocycles. The molecule has 1 aromatic heterocycles. The van der Waals surface area contributed by atoms with Crippen molar-refractivity contribution in [3.63, 3.8) is 0 Å². The van der Waals surface area contributed by atoms with Crippen LogP contribution in [-0.4, -0.2) is 22.3 Å². The van der Waals surface area contributed by atoms with E-state index < -0.39 is 6.36 Å². The van der Waals surface area contributed by atoms with Crippen LogP contribution in [0.4, 0.5) is 24.0 Å². The molecular formula is C12H9F3N4OS2. The normalized spacial score (nSPS) is 11.0. The molecule has 0 saturated heterocycles. The smallest absolute Gasteiger partial charge is 0.406 e. The molecule has 0 bridgehead atoms. The topological polar surface area (TPSA) is 70.8 Å². The molecule has 0 radical (unpaired) electrons. The van der Waals surface area contributed by atoms with Crippen molar-refractivity contribution in [2.24, 2.45) is 0 Å². The summed E-state index contributed by atoms with van der Waals surface area (Å²) in [5.41, 5.74) is 0.569. The first-order chi connectivity index (χ1) is 10.5. The number of alkyl halides is 3. The number of hydrogen-bond acceptors (Lipinski definition) is 7. The fourth-order valence-corrected chi connectivity index (χ4v) is 3.05. The van der Waals surface area contributed by atoms with Crippen LogP contribution in [0.5, 0.6) is 5.75 Å². The van der Waals surface area contributed by atoms with Crippen molar-refractivity contribution in [3.8, 4) is 11.8 Å². The van der Waals surface area contributed by atoms with Crippen LogP contribution in [0.3, 0.4) is 0 Å². The van der Waals surface area contributed by atoms with Gasteiger partial charge in [-0.3, -0.25) is 0 Å². The largest absolute Gasteiger partial charge is 0.573 e. The van der Waals surface area contributed by atoms with Crippen LogP contribution in [0.1, 0.15) is 6.42 Å². The molecular weight excluding hydrogens is 337 g/mol. The van der Waals surface area contributed by atoms with Gasteiger partial charge in [0.25, 0.3) is 0 Å². The second-order valence-electron chi connectivity index (χ2n) is 3.83. The zero-order valence-corrected chi connectivity index (χ0v) is 12.6. The van der Waals surface area contributed by atoms with E-state index in [1.165, 1.54) is 47.4 Å². The molecule has 0 saturated carbocycles. The molecule has 0 unspecified atom stereocenters. The minimum atomic E-state index is -4.70. The summed E-state index contributed by atoms with van der Waals surface area (Å²) in [7, 11) is 0. The molecule has 1 aromatic carbocycles. The highest BCUT2D eigenvalue weighted by Gasteiger charge is 2.30. The Hall–Kier alpha value is -1.99. The fraction of sp³-hybridized carbons (Fsp3) is 0.250. The number of ether oxygens (including phenoxy) is 1. The van der Waals surface area contributed by atoms with Gasteiger partial charge < -0.3 is 10.1 Å². The van der Waals surface area contributed by atoms with E-state index in [1.807, 2.05) is 6.07 Å². The number of hydrogen-bond donors (Lipinski definition) is 1. The van der Waals surface area contributed by atoms with E-state index in [2.05, 4.69) is 20.3 Å². The highest BCUT2D eigenvalue weighted by molar-refractivity contribution is 8.01. The Morgan fingerprint density at radius 3 is 2.64 bits per heavy atom. The van der Waals surface area contributed by atoms with Crippen molar-refractivity contribution in [3.05, 3.63) is 24.3 Å². The van der Waals surface area contributed by atoms with Gasteiger partial charge in [-0.1, -0.05) is 23.1 Å². The van der Waals surface area contributed by atoms with E-state index in [4.69, 9.17) is 5.26 Å². The van der Waals surface area contributed by atoms with Crippen LogP contribution in [0.25, 0.3) is 0 Å². The second-order valence-corrected chi connectivity index (χ2v) is 6.15. The molecule has 0 aliphatic rings. The van der Waals surface area contributed by atoms with Crippen molar-refractivity contribution in [1.29, 1.82) is 5.26 Å². The number of nitrogens with zero attached hydrogens (tertiary/aromatic N) is 3. The van der Waals surface area contributed by atoms with Crippen LogP contribution in [0.15, 0.2) is 28.6 Å². The molecule has 22 heavy (non-hydrogen) atoms. The average Bonchev–Trinajstić information content (AvgIpc) is 2.87. The first-order valence-corrected chi connectivity index (χ1v) is 7.72. The maximum absolute atomic E-state index is 12.0. The molecule has 1 N–H and O–H groups in total. The number of rotatable bonds is 6. The Bertz CT molecular complexity index is 652. The Kier molecular flexibility index (Phi) is 5.46. The summed E-state index contributed by atoms with van der Waals surface area (Å²) in [6.07, 6.45) is -4.28. The van der Waals surface area contributed by atoms with Gasteiger partial charge in [-0.15, -0.1) is 23.4 Å². The Morgan fingerprint density at radius 2 is 2.00 bits per heavy atom. The molecule has 5 nitrogen and oxygen atoms in total. The van der Waals surface area contributed by atoms with Crippen molar-refractivity contribution >= 4 is 33.9 Å². The van der Waals surface area contributed by atoms with Gasteiger partial charge in [-0.25, -0.2) is 0 Å². The molecule has 0 aliphatic carbocycles. The van der Waals surface area contributed by atoms with E-state index in [1.54, 1.807) is 0 Å². The quantitative estimate of drug-likeness (QED) is 0.625. The van der Waals surface area contributed by atoms with Crippen LogP contribution in [-0.2, 0) is 0 Å². The number of nitrogens with one attached hydrogen (secondary N) is 1. The minimum absolute atomic E-state index is 0.289. The predicted octanol–water partition coefficient (Wildman–Crippen LogP) is 4.19. The lowest BCUT2D eigenvalue weighted by molar-refractivity contribution is -0.274. The summed E-state index contributed by atoms with van der Waals surface area (Å²) in [6, 6.07) is 7.35.